The van der Waals surface area contributed by atoms with E-state index < -0.39 is 0 Å². The first kappa shape index (κ1) is 18.9. The summed E-state index contributed by atoms with van der Waals surface area (Å²) in [7, 11) is 3.55. The Kier molecular flexibility index (Phi) is 5.17. The highest BCUT2D eigenvalue weighted by Crippen LogP contribution is 2.32. The van der Waals surface area contributed by atoms with Crippen LogP contribution >= 0.6 is 0 Å². The van der Waals surface area contributed by atoms with E-state index in [1.54, 1.807) is 25.2 Å². The van der Waals surface area contributed by atoms with Crippen LogP contribution in [-0.2, 0) is 4.79 Å². The molecule has 3 aromatic rings. The lowest BCUT2D eigenvalue weighted by atomic mass is 10.0. The van der Waals surface area contributed by atoms with E-state index in [9.17, 15) is 4.79 Å². The standard InChI is InChI=1S/C21H27N5O/c1-13(2)17-12-22-11-14(3)19(17)24-20-16-8-10-26(18(16)7-9-23-20)15(4)21(27)25(5)6/h7-13,15H,1-6H3,(H,22,23,24). The number of likely N-dealkylation sites (N-methyl/N-ethyl adjacent to an activating group) is 1. The largest absolute Gasteiger partial charge is 0.347 e. The van der Waals surface area contributed by atoms with E-state index in [2.05, 4.69) is 29.1 Å². The van der Waals surface area contributed by atoms with Gasteiger partial charge in [0, 0.05) is 50.0 Å². The number of nitrogens with zero attached hydrogens (tertiary/aromatic N) is 4. The molecule has 6 nitrogen and oxygen atoms in total. The minimum atomic E-state index is -0.276. The second-order valence-electron chi connectivity index (χ2n) is 7.42. The van der Waals surface area contributed by atoms with Crippen molar-refractivity contribution < 1.29 is 4.79 Å². The minimum Gasteiger partial charge on any atom is -0.347 e. The summed E-state index contributed by atoms with van der Waals surface area (Å²) >= 11 is 0. The SMILES string of the molecule is Cc1cncc(C(C)C)c1Nc1nccc2c1ccn2C(C)C(=O)N(C)C. The quantitative estimate of drug-likeness (QED) is 0.734. The van der Waals surface area contributed by atoms with E-state index in [4.69, 9.17) is 0 Å². The van der Waals surface area contributed by atoms with Gasteiger partial charge in [-0.1, -0.05) is 13.8 Å². The molecule has 0 aliphatic carbocycles. The summed E-state index contributed by atoms with van der Waals surface area (Å²) in [6, 6.07) is 3.68. The molecule has 0 spiro atoms. The maximum Gasteiger partial charge on any atom is 0.244 e. The third-order valence-corrected chi connectivity index (χ3v) is 4.89. The fraction of sp³-hybridized carbons (Fsp3) is 0.381. The molecule has 3 heterocycles. The van der Waals surface area contributed by atoms with Crippen LogP contribution in [0.5, 0.6) is 0 Å². The number of amides is 1. The van der Waals surface area contributed by atoms with Crippen LogP contribution in [0.2, 0.25) is 0 Å². The smallest absolute Gasteiger partial charge is 0.244 e. The Morgan fingerprint density at radius 3 is 2.59 bits per heavy atom. The normalized spacial score (nSPS) is 12.4. The number of aromatic nitrogens is 3. The highest BCUT2D eigenvalue weighted by molar-refractivity contribution is 5.93. The Morgan fingerprint density at radius 1 is 1.19 bits per heavy atom. The number of anilines is 2. The topological polar surface area (TPSA) is 63.1 Å². The molecule has 6 heteroatoms. The highest BCUT2D eigenvalue weighted by atomic mass is 16.2. The molecule has 0 aliphatic rings. The van der Waals surface area contributed by atoms with Crippen molar-refractivity contribution >= 4 is 28.3 Å². The molecule has 0 saturated heterocycles. The van der Waals surface area contributed by atoms with Crippen LogP contribution in [0.4, 0.5) is 11.5 Å². The minimum absolute atomic E-state index is 0.0610. The average molecular weight is 365 g/mol. The van der Waals surface area contributed by atoms with Crippen LogP contribution in [0, 0.1) is 6.92 Å². The molecule has 3 aromatic heterocycles. The van der Waals surface area contributed by atoms with Gasteiger partial charge in [-0.05, 0) is 43.0 Å². The summed E-state index contributed by atoms with van der Waals surface area (Å²) in [6.07, 6.45) is 7.49. The number of rotatable bonds is 5. The molecule has 1 unspecified atom stereocenters. The van der Waals surface area contributed by atoms with E-state index in [1.165, 1.54) is 0 Å². The average Bonchev–Trinajstić information content (AvgIpc) is 3.06. The van der Waals surface area contributed by atoms with Crippen molar-refractivity contribution in [1.29, 1.82) is 0 Å². The van der Waals surface area contributed by atoms with E-state index in [0.29, 0.717) is 5.92 Å². The molecule has 1 N–H and O–H groups in total. The lowest BCUT2D eigenvalue weighted by Crippen LogP contribution is -2.29. The summed E-state index contributed by atoms with van der Waals surface area (Å²) in [5.74, 6) is 1.19. The molecule has 0 saturated carbocycles. The number of carbonyl (C=O) groups excluding carboxylic acids is 1. The van der Waals surface area contributed by atoms with Gasteiger partial charge < -0.3 is 14.8 Å². The van der Waals surface area contributed by atoms with Crippen LogP contribution < -0.4 is 5.32 Å². The Morgan fingerprint density at radius 2 is 1.93 bits per heavy atom. The molecular weight excluding hydrogens is 338 g/mol. The molecule has 1 atom stereocenters. The summed E-state index contributed by atoms with van der Waals surface area (Å²) in [4.78, 5) is 22.9. The number of carbonyl (C=O) groups is 1. The molecule has 3 rings (SSSR count). The first-order valence-corrected chi connectivity index (χ1v) is 9.19. The highest BCUT2D eigenvalue weighted by Gasteiger charge is 2.20. The van der Waals surface area contributed by atoms with Crippen LogP contribution in [0.3, 0.4) is 0 Å². The van der Waals surface area contributed by atoms with Crippen molar-refractivity contribution in [3.8, 4) is 0 Å². The zero-order chi connectivity index (χ0) is 19.7. The van der Waals surface area contributed by atoms with Gasteiger partial charge in [-0.25, -0.2) is 4.98 Å². The molecule has 0 radical (unpaired) electrons. The number of hydrogen-bond donors (Lipinski definition) is 1. The van der Waals surface area contributed by atoms with Crippen molar-refractivity contribution in [2.75, 3.05) is 19.4 Å². The van der Waals surface area contributed by atoms with Crippen molar-refractivity contribution in [2.45, 2.75) is 39.7 Å². The van der Waals surface area contributed by atoms with Gasteiger partial charge in [0.1, 0.15) is 11.9 Å². The molecular formula is C21H27N5O. The van der Waals surface area contributed by atoms with E-state index in [-0.39, 0.29) is 11.9 Å². The number of aryl methyl sites for hydroxylation is 1. The molecule has 27 heavy (non-hydrogen) atoms. The maximum atomic E-state index is 12.4. The lowest BCUT2D eigenvalue weighted by molar-refractivity contribution is -0.131. The number of hydrogen-bond acceptors (Lipinski definition) is 4. The Labute approximate surface area is 160 Å². The number of fused-ring (bicyclic) bond motifs is 1. The molecule has 0 bridgehead atoms. The van der Waals surface area contributed by atoms with Gasteiger partial charge in [-0.2, -0.15) is 0 Å². The summed E-state index contributed by atoms with van der Waals surface area (Å²) < 4.78 is 1.99. The van der Waals surface area contributed by atoms with Gasteiger partial charge in [-0.15, -0.1) is 0 Å². The van der Waals surface area contributed by atoms with Crippen LogP contribution in [0.15, 0.2) is 36.9 Å². The van der Waals surface area contributed by atoms with Gasteiger partial charge in [0.2, 0.25) is 5.91 Å². The van der Waals surface area contributed by atoms with Gasteiger partial charge in [0.25, 0.3) is 0 Å². The zero-order valence-corrected chi connectivity index (χ0v) is 16.8. The van der Waals surface area contributed by atoms with Crippen LogP contribution in [-0.4, -0.2) is 39.4 Å². The number of pyridine rings is 2. The van der Waals surface area contributed by atoms with Crippen molar-refractivity contribution in [1.82, 2.24) is 19.4 Å². The monoisotopic (exact) mass is 365 g/mol. The first-order chi connectivity index (χ1) is 12.8. The number of nitrogens with one attached hydrogen (secondary N) is 1. The van der Waals surface area contributed by atoms with E-state index in [1.807, 2.05) is 49.1 Å². The van der Waals surface area contributed by atoms with Crippen LogP contribution in [0.1, 0.15) is 43.9 Å². The van der Waals surface area contributed by atoms with Crippen LogP contribution in [0.25, 0.3) is 10.9 Å². The second-order valence-corrected chi connectivity index (χ2v) is 7.42. The summed E-state index contributed by atoms with van der Waals surface area (Å²) in [5.41, 5.74) is 4.26. The fourth-order valence-corrected chi connectivity index (χ4v) is 3.33. The first-order valence-electron chi connectivity index (χ1n) is 9.19. The molecule has 0 aromatic carbocycles. The van der Waals surface area contributed by atoms with Crippen molar-refractivity contribution in [3.63, 3.8) is 0 Å². The Bertz CT molecular complexity index is 974. The lowest BCUT2D eigenvalue weighted by Gasteiger charge is -2.19. The predicted molar refractivity (Wildman–Crippen MR) is 109 cm³/mol. The molecule has 142 valence electrons. The Balaban J connectivity index is 2.05. The summed E-state index contributed by atoms with van der Waals surface area (Å²) in [5, 5.41) is 4.50. The molecule has 1 amide bonds. The van der Waals surface area contributed by atoms with Crippen molar-refractivity contribution in [2.24, 2.45) is 0 Å². The third-order valence-electron chi connectivity index (χ3n) is 4.89. The molecule has 0 fully saturated rings. The van der Waals surface area contributed by atoms with Gasteiger partial charge in [0.05, 0.1) is 5.52 Å². The summed E-state index contributed by atoms with van der Waals surface area (Å²) in [6.45, 7) is 8.27. The third kappa shape index (κ3) is 3.52. The van der Waals surface area contributed by atoms with E-state index >= 15 is 0 Å². The maximum absolute atomic E-state index is 12.4. The fourth-order valence-electron chi connectivity index (χ4n) is 3.33. The van der Waals surface area contributed by atoms with E-state index in [0.717, 1.165) is 33.5 Å². The second kappa shape index (κ2) is 7.39. The zero-order valence-electron chi connectivity index (χ0n) is 16.8. The molecule has 0 aliphatic heterocycles. The van der Waals surface area contributed by atoms with Gasteiger partial charge in [0.15, 0.2) is 0 Å². The predicted octanol–water partition coefficient (Wildman–Crippen LogP) is 4.26. The Hall–Kier alpha value is -2.89. The van der Waals surface area contributed by atoms with Crippen molar-refractivity contribution in [3.05, 3.63) is 48.0 Å². The van der Waals surface area contributed by atoms with Gasteiger partial charge in [-0.3, -0.25) is 9.78 Å². The van der Waals surface area contributed by atoms with Gasteiger partial charge >= 0.3 is 0 Å².